The molecule has 5 nitrogen and oxygen atoms in total. The Bertz CT molecular complexity index is 585. The van der Waals surface area contributed by atoms with Crippen LogP contribution in [0.5, 0.6) is 0 Å². The average Bonchev–Trinajstić information content (AvgIpc) is 2.53. The van der Waals surface area contributed by atoms with Crippen LogP contribution in [0, 0.1) is 19.8 Å². The fourth-order valence-corrected chi connectivity index (χ4v) is 2.99. The van der Waals surface area contributed by atoms with Gasteiger partial charge in [0.25, 0.3) is 0 Å². The van der Waals surface area contributed by atoms with E-state index in [1.54, 1.807) is 0 Å². The molecule has 0 spiro atoms. The molecule has 0 unspecified atom stereocenters. The van der Waals surface area contributed by atoms with E-state index in [0.29, 0.717) is 5.92 Å². The van der Waals surface area contributed by atoms with Gasteiger partial charge in [-0.15, -0.1) is 0 Å². The molecule has 0 aromatic carbocycles. The minimum Gasteiger partial charge on any atom is -0.371 e. The summed E-state index contributed by atoms with van der Waals surface area (Å²) in [4.78, 5) is 15.4. The molecule has 0 amide bonds. The summed E-state index contributed by atoms with van der Waals surface area (Å²) in [5.41, 5.74) is 3.31. The zero-order valence-electron chi connectivity index (χ0n) is 13.3. The van der Waals surface area contributed by atoms with Crippen molar-refractivity contribution in [2.75, 3.05) is 29.9 Å². The number of hydrogen-bond acceptors (Lipinski definition) is 5. The van der Waals surface area contributed by atoms with Gasteiger partial charge in [0.15, 0.2) is 0 Å². The second-order valence-electron chi connectivity index (χ2n) is 5.99. The maximum atomic E-state index is 4.44. The monoisotopic (exact) mass is 297 g/mol. The minimum atomic E-state index is 0.683. The Morgan fingerprint density at radius 1 is 1.09 bits per heavy atom. The normalized spacial score (nSPS) is 15.8. The van der Waals surface area contributed by atoms with E-state index in [4.69, 9.17) is 0 Å². The van der Waals surface area contributed by atoms with E-state index in [1.165, 1.54) is 18.5 Å². The summed E-state index contributed by atoms with van der Waals surface area (Å²) in [7, 11) is 0. The summed E-state index contributed by atoms with van der Waals surface area (Å²) in [5, 5.41) is 3.40. The number of aryl methyl sites for hydroxylation is 2. The molecule has 2 aromatic heterocycles. The van der Waals surface area contributed by atoms with E-state index >= 15 is 0 Å². The second kappa shape index (κ2) is 6.73. The lowest BCUT2D eigenvalue weighted by Crippen LogP contribution is -2.36. The number of hydrogen-bond donors (Lipinski definition) is 1. The van der Waals surface area contributed by atoms with E-state index in [-0.39, 0.29) is 0 Å². The maximum absolute atomic E-state index is 4.44. The topological polar surface area (TPSA) is 53.9 Å². The second-order valence-corrected chi connectivity index (χ2v) is 5.99. The average molecular weight is 297 g/mol. The highest BCUT2D eigenvalue weighted by Gasteiger charge is 2.19. The van der Waals surface area contributed by atoms with Gasteiger partial charge in [-0.25, -0.2) is 9.97 Å². The molecule has 1 N–H and O–H groups in total. The van der Waals surface area contributed by atoms with Crippen molar-refractivity contribution in [1.82, 2.24) is 15.0 Å². The van der Waals surface area contributed by atoms with Gasteiger partial charge in [0.05, 0.1) is 0 Å². The zero-order chi connectivity index (χ0) is 15.4. The summed E-state index contributed by atoms with van der Waals surface area (Å²) in [6.45, 7) is 7.17. The highest BCUT2D eigenvalue weighted by Crippen LogP contribution is 2.22. The van der Waals surface area contributed by atoms with Crippen LogP contribution >= 0.6 is 0 Å². The van der Waals surface area contributed by atoms with E-state index in [9.17, 15) is 0 Å². The van der Waals surface area contributed by atoms with Crippen molar-refractivity contribution in [2.45, 2.75) is 26.7 Å². The summed E-state index contributed by atoms with van der Waals surface area (Å²) in [6, 6.07) is 6.17. The molecule has 1 saturated heterocycles. The predicted molar refractivity (Wildman–Crippen MR) is 89.2 cm³/mol. The minimum absolute atomic E-state index is 0.683. The van der Waals surface area contributed by atoms with Gasteiger partial charge in [-0.2, -0.15) is 0 Å². The molecule has 1 aliphatic rings. The molecule has 5 heteroatoms. The molecule has 0 saturated carbocycles. The number of anilines is 2. The first kappa shape index (κ1) is 14.8. The zero-order valence-corrected chi connectivity index (χ0v) is 13.3. The molecule has 0 aliphatic carbocycles. The van der Waals surface area contributed by atoms with Gasteiger partial charge in [0.2, 0.25) is 5.95 Å². The third-order valence-corrected chi connectivity index (χ3v) is 4.17. The number of pyridine rings is 1. The van der Waals surface area contributed by atoms with Gasteiger partial charge in [-0.1, -0.05) is 0 Å². The van der Waals surface area contributed by atoms with Crippen molar-refractivity contribution in [3.8, 4) is 0 Å². The van der Waals surface area contributed by atoms with Crippen LogP contribution in [0.1, 0.15) is 24.2 Å². The lowest BCUT2D eigenvalue weighted by Gasteiger charge is -2.33. The number of aromatic nitrogens is 3. The lowest BCUT2D eigenvalue weighted by molar-refractivity contribution is 0.422. The predicted octanol–water partition coefficient (Wildman–Crippen LogP) is 2.82. The first-order valence-corrected chi connectivity index (χ1v) is 7.92. The molecular formula is C17H23N5. The quantitative estimate of drug-likeness (QED) is 0.940. The number of piperidine rings is 1. The molecular weight excluding hydrogens is 274 g/mol. The van der Waals surface area contributed by atoms with Crippen LogP contribution in [0.15, 0.2) is 30.6 Å². The molecule has 0 atom stereocenters. The Balaban J connectivity index is 1.50. The van der Waals surface area contributed by atoms with Gasteiger partial charge < -0.3 is 10.2 Å². The molecule has 0 bridgehead atoms. The molecule has 1 fully saturated rings. The molecule has 1 aliphatic heterocycles. The first-order chi connectivity index (χ1) is 10.7. The van der Waals surface area contributed by atoms with Crippen molar-refractivity contribution in [3.63, 3.8) is 0 Å². The van der Waals surface area contributed by atoms with Crippen LogP contribution in [-0.2, 0) is 0 Å². The van der Waals surface area contributed by atoms with E-state index in [2.05, 4.69) is 37.3 Å². The number of rotatable bonds is 4. The van der Waals surface area contributed by atoms with Crippen LogP contribution in [0.25, 0.3) is 0 Å². The third kappa shape index (κ3) is 3.72. The summed E-state index contributed by atoms with van der Waals surface area (Å²) in [5.74, 6) is 1.44. The van der Waals surface area contributed by atoms with Crippen LogP contribution in [0.3, 0.4) is 0 Å². The Labute approximate surface area is 131 Å². The van der Waals surface area contributed by atoms with Gasteiger partial charge in [-0.05, 0) is 50.8 Å². The molecule has 3 rings (SSSR count). The van der Waals surface area contributed by atoms with Gasteiger partial charge in [0.1, 0.15) is 0 Å². The van der Waals surface area contributed by atoms with Gasteiger partial charge in [-0.3, -0.25) is 4.98 Å². The Kier molecular flexibility index (Phi) is 4.51. The third-order valence-electron chi connectivity index (χ3n) is 4.17. The van der Waals surface area contributed by atoms with Gasteiger partial charge >= 0.3 is 0 Å². The molecule has 22 heavy (non-hydrogen) atoms. The van der Waals surface area contributed by atoms with E-state index in [0.717, 1.165) is 37.0 Å². The summed E-state index contributed by atoms with van der Waals surface area (Å²) in [6.07, 6.45) is 6.11. The molecule has 116 valence electrons. The lowest BCUT2D eigenvalue weighted by atomic mass is 9.96. The summed E-state index contributed by atoms with van der Waals surface area (Å²) < 4.78 is 0. The standard InChI is InChI=1S/C17H23N5/c1-13-11-14(2)21-17(20-13)19-12-15-5-9-22(10-6-15)16-3-7-18-8-4-16/h3-4,7-8,11,15H,5-6,9-10,12H2,1-2H3,(H,19,20,21). The van der Waals surface area contributed by atoms with Crippen molar-refractivity contribution < 1.29 is 0 Å². The maximum Gasteiger partial charge on any atom is 0.223 e. The molecule has 3 heterocycles. The van der Waals surface area contributed by atoms with Crippen molar-refractivity contribution >= 4 is 11.6 Å². The van der Waals surface area contributed by atoms with Crippen molar-refractivity contribution in [2.24, 2.45) is 5.92 Å². The Morgan fingerprint density at radius 3 is 2.36 bits per heavy atom. The van der Waals surface area contributed by atoms with E-state index < -0.39 is 0 Å². The number of nitrogens with zero attached hydrogens (tertiary/aromatic N) is 4. The van der Waals surface area contributed by atoms with Crippen LogP contribution in [-0.4, -0.2) is 34.6 Å². The smallest absolute Gasteiger partial charge is 0.223 e. The highest BCUT2D eigenvalue weighted by molar-refractivity contribution is 5.44. The Morgan fingerprint density at radius 2 is 1.73 bits per heavy atom. The first-order valence-electron chi connectivity index (χ1n) is 7.92. The Hall–Kier alpha value is -2.17. The fourth-order valence-electron chi connectivity index (χ4n) is 2.99. The van der Waals surface area contributed by atoms with Gasteiger partial charge in [0, 0.05) is 49.1 Å². The SMILES string of the molecule is Cc1cc(C)nc(NCC2CCN(c3ccncc3)CC2)n1. The van der Waals surface area contributed by atoms with Crippen molar-refractivity contribution in [3.05, 3.63) is 42.0 Å². The highest BCUT2D eigenvalue weighted by atomic mass is 15.1. The van der Waals surface area contributed by atoms with E-state index in [1.807, 2.05) is 32.3 Å². The summed E-state index contributed by atoms with van der Waals surface area (Å²) >= 11 is 0. The molecule has 0 radical (unpaired) electrons. The van der Waals surface area contributed by atoms with Crippen LogP contribution < -0.4 is 10.2 Å². The largest absolute Gasteiger partial charge is 0.371 e. The number of nitrogens with one attached hydrogen (secondary N) is 1. The van der Waals surface area contributed by atoms with Crippen LogP contribution in [0.2, 0.25) is 0 Å². The van der Waals surface area contributed by atoms with Crippen LogP contribution in [0.4, 0.5) is 11.6 Å². The fraction of sp³-hybridized carbons (Fsp3) is 0.471. The van der Waals surface area contributed by atoms with Crippen molar-refractivity contribution in [1.29, 1.82) is 0 Å². The molecule has 2 aromatic rings.